The molecule has 7 heteroatoms. The van der Waals surface area contributed by atoms with Gasteiger partial charge in [0.2, 0.25) is 5.91 Å². The van der Waals surface area contributed by atoms with Gasteiger partial charge in [0.05, 0.1) is 5.69 Å². The number of halogens is 2. The van der Waals surface area contributed by atoms with E-state index in [1.54, 1.807) is 0 Å². The Bertz CT molecular complexity index is 611. The Morgan fingerprint density at radius 1 is 1.18 bits per heavy atom. The topological polar surface area (TPSA) is 57.7 Å². The van der Waals surface area contributed by atoms with Gasteiger partial charge in [-0.05, 0) is 30.5 Å². The van der Waals surface area contributed by atoms with Crippen LogP contribution in [0, 0.1) is 5.92 Å². The van der Waals surface area contributed by atoms with E-state index in [0.717, 1.165) is 9.80 Å². The molecule has 0 spiro atoms. The minimum atomic E-state index is -0.655. The van der Waals surface area contributed by atoms with Gasteiger partial charge in [0, 0.05) is 16.5 Å². The summed E-state index contributed by atoms with van der Waals surface area (Å²) in [6.45, 7) is 3.73. The number of carbonyl (C=O) groups excluding carboxylic acids is 3. The summed E-state index contributed by atoms with van der Waals surface area (Å²) in [5, 5.41) is 0.625. The molecule has 0 aliphatic carbocycles. The van der Waals surface area contributed by atoms with Crippen LogP contribution in [0.3, 0.4) is 0 Å². The smallest absolute Gasteiger partial charge is 0.274 e. The monoisotopic (exact) mass is 342 g/mol. The number of benzene rings is 1. The maximum absolute atomic E-state index is 12.3. The quantitative estimate of drug-likeness (QED) is 0.783. The first-order chi connectivity index (χ1) is 10.3. The van der Waals surface area contributed by atoms with Gasteiger partial charge in [-0.2, -0.15) is 0 Å². The van der Waals surface area contributed by atoms with E-state index in [4.69, 9.17) is 23.2 Å². The van der Waals surface area contributed by atoms with Crippen LogP contribution in [0.4, 0.5) is 10.5 Å². The third kappa shape index (κ3) is 3.59. The van der Waals surface area contributed by atoms with Crippen molar-refractivity contribution >= 4 is 46.7 Å². The van der Waals surface area contributed by atoms with Crippen LogP contribution in [0.2, 0.25) is 10.0 Å². The fraction of sp³-hybridized carbons (Fsp3) is 0.400. The van der Waals surface area contributed by atoms with Crippen LogP contribution < -0.4 is 4.90 Å². The average Bonchev–Trinajstić information content (AvgIpc) is 2.70. The standard InChI is InChI=1S/C15H16Cl2N2O3/c1-9(2)3-4-13(20)18-8-14(21)19(15(18)22)12-6-10(16)5-11(17)7-12/h5-7,9H,3-4,8H2,1-2H3. The molecule has 1 fully saturated rings. The summed E-state index contributed by atoms with van der Waals surface area (Å²) in [6.07, 6.45) is 0.903. The Balaban J connectivity index is 2.20. The minimum absolute atomic E-state index is 0.237. The number of imide groups is 2. The molecule has 1 aromatic rings. The van der Waals surface area contributed by atoms with Crippen LogP contribution in [0.15, 0.2) is 18.2 Å². The van der Waals surface area contributed by atoms with Crippen molar-refractivity contribution in [2.45, 2.75) is 26.7 Å². The van der Waals surface area contributed by atoms with Gasteiger partial charge < -0.3 is 0 Å². The van der Waals surface area contributed by atoms with Gasteiger partial charge in [0.1, 0.15) is 6.54 Å². The summed E-state index contributed by atoms with van der Waals surface area (Å²) in [4.78, 5) is 38.4. The molecule has 1 aliphatic heterocycles. The lowest BCUT2D eigenvalue weighted by molar-refractivity contribution is -0.130. The Morgan fingerprint density at radius 2 is 1.77 bits per heavy atom. The summed E-state index contributed by atoms with van der Waals surface area (Å²) in [7, 11) is 0. The first-order valence-corrected chi connectivity index (χ1v) is 7.68. The molecule has 0 unspecified atom stereocenters. The van der Waals surface area contributed by atoms with Crippen molar-refractivity contribution in [3.8, 4) is 0 Å². The van der Waals surface area contributed by atoms with E-state index in [1.807, 2.05) is 13.8 Å². The number of carbonyl (C=O) groups is 3. The number of urea groups is 1. The highest BCUT2D eigenvalue weighted by Gasteiger charge is 2.40. The van der Waals surface area contributed by atoms with E-state index in [-0.39, 0.29) is 24.6 Å². The van der Waals surface area contributed by atoms with Gasteiger partial charge in [0.15, 0.2) is 0 Å². The van der Waals surface area contributed by atoms with Crippen molar-refractivity contribution in [1.29, 1.82) is 0 Å². The molecule has 0 saturated carbocycles. The van der Waals surface area contributed by atoms with Gasteiger partial charge >= 0.3 is 6.03 Å². The second kappa shape index (κ2) is 6.67. The molecule has 1 heterocycles. The molecular formula is C15H16Cl2N2O3. The molecule has 118 valence electrons. The number of anilines is 1. The van der Waals surface area contributed by atoms with Crippen molar-refractivity contribution in [2.75, 3.05) is 11.4 Å². The largest absolute Gasteiger partial charge is 0.338 e. The highest BCUT2D eigenvalue weighted by molar-refractivity contribution is 6.35. The summed E-state index contributed by atoms with van der Waals surface area (Å²) in [5.41, 5.74) is 0.270. The van der Waals surface area contributed by atoms with E-state index >= 15 is 0 Å². The second-order valence-corrected chi connectivity index (χ2v) is 6.42. The van der Waals surface area contributed by atoms with Crippen LogP contribution in [-0.4, -0.2) is 29.3 Å². The lowest BCUT2D eigenvalue weighted by Gasteiger charge is -2.16. The predicted octanol–water partition coefficient (Wildman–Crippen LogP) is 3.72. The molecular weight excluding hydrogens is 327 g/mol. The first-order valence-electron chi connectivity index (χ1n) is 6.93. The normalized spacial score (nSPS) is 15.1. The molecule has 22 heavy (non-hydrogen) atoms. The lowest BCUT2D eigenvalue weighted by atomic mass is 10.1. The molecule has 1 aliphatic rings. The van der Waals surface area contributed by atoms with Gasteiger partial charge in [-0.15, -0.1) is 0 Å². The minimum Gasteiger partial charge on any atom is -0.274 e. The number of nitrogens with zero attached hydrogens (tertiary/aromatic N) is 2. The van der Waals surface area contributed by atoms with Crippen molar-refractivity contribution in [2.24, 2.45) is 5.92 Å². The Morgan fingerprint density at radius 3 is 2.32 bits per heavy atom. The molecule has 0 bridgehead atoms. The zero-order valence-corrected chi connectivity index (χ0v) is 13.8. The zero-order chi connectivity index (χ0) is 16.4. The van der Waals surface area contributed by atoms with Gasteiger partial charge in [-0.3, -0.25) is 14.5 Å². The molecule has 2 rings (SSSR count). The van der Waals surface area contributed by atoms with Crippen LogP contribution in [0.5, 0.6) is 0 Å². The Hall–Kier alpha value is -1.59. The van der Waals surface area contributed by atoms with Crippen molar-refractivity contribution in [3.63, 3.8) is 0 Å². The summed E-state index contributed by atoms with van der Waals surface area (Å²) < 4.78 is 0. The highest BCUT2D eigenvalue weighted by Crippen LogP contribution is 2.28. The molecule has 1 aromatic carbocycles. The van der Waals surface area contributed by atoms with E-state index in [0.29, 0.717) is 22.4 Å². The summed E-state index contributed by atoms with van der Waals surface area (Å²) in [5.74, 6) is -0.468. The average molecular weight is 343 g/mol. The molecule has 0 aromatic heterocycles. The first kappa shape index (κ1) is 16.8. The molecule has 0 N–H and O–H groups in total. The van der Waals surface area contributed by atoms with Crippen molar-refractivity contribution in [3.05, 3.63) is 28.2 Å². The van der Waals surface area contributed by atoms with Crippen LogP contribution in [0.25, 0.3) is 0 Å². The fourth-order valence-electron chi connectivity index (χ4n) is 2.17. The molecule has 4 amide bonds. The van der Waals surface area contributed by atoms with Crippen molar-refractivity contribution in [1.82, 2.24) is 4.90 Å². The van der Waals surface area contributed by atoms with Crippen LogP contribution >= 0.6 is 23.2 Å². The van der Waals surface area contributed by atoms with Crippen LogP contribution in [0.1, 0.15) is 26.7 Å². The number of rotatable bonds is 4. The summed E-state index contributed by atoms with van der Waals surface area (Å²) in [6, 6.07) is 3.77. The van der Waals surface area contributed by atoms with E-state index in [1.165, 1.54) is 18.2 Å². The third-order valence-corrected chi connectivity index (χ3v) is 3.74. The molecule has 1 saturated heterocycles. The van der Waals surface area contributed by atoms with Gasteiger partial charge in [-0.25, -0.2) is 9.69 Å². The Labute approximate surface area is 138 Å². The van der Waals surface area contributed by atoms with Crippen molar-refractivity contribution < 1.29 is 14.4 Å². The number of hydrogen-bond acceptors (Lipinski definition) is 3. The van der Waals surface area contributed by atoms with Crippen LogP contribution in [-0.2, 0) is 9.59 Å². The third-order valence-electron chi connectivity index (χ3n) is 3.31. The molecule has 0 radical (unpaired) electrons. The predicted molar refractivity (Wildman–Crippen MR) is 85.1 cm³/mol. The SMILES string of the molecule is CC(C)CCC(=O)N1CC(=O)N(c2cc(Cl)cc(Cl)c2)C1=O. The maximum Gasteiger partial charge on any atom is 0.338 e. The van der Waals surface area contributed by atoms with Gasteiger partial charge in [-0.1, -0.05) is 37.0 Å². The number of amides is 4. The van der Waals surface area contributed by atoms with Gasteiger partial charge in [0.25, 0.3) is 5.91 Å². The maximum atomic E-state index is 12.3. The molecule has 0 atom stereocenters. The second-order valence-electron chi connectivity index (χ2n) is 5.55. The van der Waals surface area contributed by atoms with E-state index < -0.39 is 11.9 Å². The summed E-state index contributed by atoms with van der Waals surface area (Å²) >= 11 is 11.8. The van der Waals surface area contributed by atoms with E-state index in [9.17, 15) is 14.4 Å². The van der Waals surface area contributed by atoms with E-state index in [2.05, 4.69) is 0 Å². The zero-order valence-electron chi connectivity index (χ0n) is 12.3. The highest BCUT2D eigenvalue weighted by atomic mass is 35.5. The Kier molecular flexibility index (Phi) is 5.08. The fourth-order valence-corrected chi connectivity index (χ4v) is 2.68. The molecule has 5 nitrogen and oxygen atoms in total. The number of hydrogen-bond donors (Lipinski definition) is 0. The lowest BCUT2D eigenvalue weighted by Crippen LogP contribution is -2.36.